The van der Waals surface area contributed by atoms with Crippen LogP contribution in [0.25, 0.3) is 0 Å². The second-order valence-electron chi connectivity index (χ2n) is 0.673. The molecule has 0 aliphatic rings. The van der Waals surface area contributed by atoms with Crippen LogP contribution in [0.5, 0.6) is 0 Å². The fourth-order valence-electron chi connectivity index (χ4n) is 0.0471. The van der Waals surface area contributed by atoms with E-state index in [0.717, 1.165) is 0 Å². The van der Waals surface area contributed by atoms with Crippen molar-refractivity contribution in [1.82, 2.24) is 3.71 Å². The fraction of sp³-hybridized carbons (Fsp3) is 0. The monoisotopic (exact) mass is 140 g/mol. The van der Waals surface area contributed by atoms with Crippen molar-refractivity contribution >= 4 is 31.7 Å². The van der Waals surface area contributed by atoms with Crippen LogP contribution in [0.3, 0.4) is 0 Å². The first kappa shape index (κ1) is 6.93. The van der Waals surface area contributed by atoms with Gasteiger partial charge in [0.15, 0.2) is 0 Å². The van der Waals surface area contributed by atoms with E-state index in [9.17, 15) is 4.79 Å². The topological polar surface area (TPSA) is 55.6 Å². The summed E-state index contributed by atoms with van der Waals surface area (Å²) in [6, 6.07) is 0. The van der Waals surface area contributed by atoms with E-state index in [4.69, 9.17) is 0 Å². The lowest BCUT2D eigenvalue weighted by atomic mass is 11.3. The van der Waals surface area contributed by atoms with Gasteiger partial charge in [-0.15, -0.1) is 0 Å². The van der Waals surface area contributed by atoms with Gasteiger partial charge < -0.3 is 4.84 Å². The number of carbonyl (C=O) groups excluding carboxylic acids is 1. The predicted molar refractivity (Wildman–Crippen MR) is 30.5 cm³/mol. The molecule has 0 atom stereocenters. The molecule has 0 heterocycles. The minimum atomic E-state index is -0.813. The number of amides is 1. The van der Waals surface area contributed by atoms with E-state index in [1.807, 2.05) is 0 Å². The van der Waals surface area contributed by atoms with Crippen LogP contribution >= 0.6 is 25.6 Å². The highest BCUT2D eigenvalue weighted by molar-refractivity contribution is 7.94. The van der Waals surface area contributed by atoms with Gasteiger partial charge in [-0.1, -0.05) is 0 Å². The minimum absolute atomic E-state index is 0.625. The number of thiol groups is 2. The lowest BCUT2D eigenvalue weighted by molar-refractivity contribution is 0.144. The summed E-state index contributed by atoms with van der Waals surface area (Å²) in [5.41, 5.74) is 0. The minimum Gasteiger partial charge on any atom is -0.355 e. The maximum Gasteiger partial charge on any atom is 0.448 e. The van der Waals surface area contributed by atoms with Crippen LogP contribution in [-0.4, -0.2) is 9.80 Å². The standard InChI is InChI=1S/CH4N2O2S2/c2-5-1(4)3(6)7/h6-7H,2H2. The van der Waals surface area contributed by atoms with Gasteiger partial charge in [0, 0.05) is 0 Å². The Balaban J connectivity index is 3.35. The summed E-state index contributed by atoms with van der Waals surface area (Å²) in [5, 5.41) is 0. The largest absolute Gasteiger partial charge is 0.448 e. The molecular formula is CH4N2O2S2. The molecule has 7 heavy (non-hydrogen) atoms. The van der Waals surface area contributed by atoms with Crippen molar-refractivity contribution in [3.8, 4) is 0 Å². The average molecular weight is 140 g/mol. The van der Waals surface area contributed by atoms with Gasteiger partial charge >= 0.3 is 6.09 Å². The number of carbonyl (C=O) groups is 1. The molecule has 0 aromatic carbocycles. The average Bonchev–Trinajstić information content (AvgIpc) is 1.65. The lowest BCUT2D eigenvalue weighted by Gasteiger charge is -2.00. The second kappa shape index (κ2) is 3.00. The normalized spacial score (nSPS) is 7.86. The Kier molecular flexibility index (Phi) is 2.97. The van der Waals surface area contributed by atoms with Crippen LogP contribution in [0, 0.1) is 0 Å². The van der Waals surface area contributed by atoms with Gasteiger partial charge in [0.1, 0.15) is 0 Å². The van der Waals surface area contributed by atoms with Gasteiger partial charge in [-0.25, -0.2) is 4.79 Å². The predicted octanol–water partition coefficient (Wildman–Crippen LogP) is -0.0117. The highest BCUT2D eigenvalue weighted by Crippen LogP contribution is 1.97. The number of rotatable bonds is 0. The number of nitrogens with two attached hydrogens (primary N) is 1. The zero-order valence-electron chi connectivity index (χ0n) is 3.24. The van der Waals surface area contributed by atoms with Crippen molar-refractivity contribution in [3.05, 3.63) is 0 Å². The first-order valence-electron chi connectivity index (χ1n) is 1.27. The van der Waals surface area contributed by atoms with Gasteiger partial charge in [-0.3, -0.25) is 0 Å². The van der Waals surface area contributed by atoms with E-state index in [1.165, 1.54) is 0 Å². The molecule has 0 aliphatic heterocycles. The molecule has 0 saturated carbocycles. The summed E-state index contributed by atoms with van der Waals surface area (Å²) in [5.74, 6) is 4.38. The maximum atomic E-state index is 9.94. The zero-order chi connectivity index (χ0) is 5.86. The van der Waals surface area contributed by atoms with E-state index >= 15 is 0 Å². The molecule has 0 fully saturated rings. The second-order valence-corrected chi connectivity index (χ2v) is 1.79. The van der Waals surface area contributed by atoms with Gasteiger partial charge in [-0.05, 0) is 25.6 Å². The van der Waals surface area contributed by atoms with E-state index < -0.39 is 6.09 Å². The number of nitrogens with zero attached hydrogens (tertiary/aromatic N) is 1. The molecule has 0 aromatic rings. The third-order valence-corrected chi connectivity index (χ3v) is 0.591. The van der Waals surface area contributed by atoms with Crippen molar-refractivity contribution in [2.45, 2.75) is 0 Å². The molecule has 0 bridgehead atoms. The summed E-state index contributed by atoms with van der Waals surface area (Å²) in [6.07, 6.45) is -0.813. The molecule has 0 unspecified atom stereocenters. The number of hydrogen-bond donors (Lipinski definition) is 3. The fourth-order valence-corrected chi connectivity index (χ4v) is 0.141. The van der Waals surface area contributed by atoms with Crippen molar-refractivity contribution in [2.24, 2.45) is 5.90 Å². The van der Waals surface area contributed by atoms with Crippen LogP contribution < -0.4 is 5.90 Å². The third-order valence-electron chi connectivity index (χ3n) is 0.264. The molecule has 0 rings (SSSR count). The molecular weight excluding hydrogens is 136 g/mol. The quantitative estimate of drug-likeness (QED) is 0.327. The molecule has 6 heteroatoms. The molecule has 4 nitrogen and oxygen atoms in total. The van der Waals surface area contributed by atoms with Gasteiger partial charge in [0.2, 0.25) is 0 Å². The van der Waals surface area contributed by atoms with Crippen LogP contribution in [0.2, 0.25) is 0 Å². The molecule has 0 spiro atoms. The van der Waals surface area contributed by atoms with Crippen LogP contribution in [0.4, 0.5) is 4.79 Å². The lowest BCUT2D eigenvalue weighted by Crippen LogP contribution is -2.16. The molecule has 2 N–H and O–H groups in total. The summed E-state index contributed by atoms with van der Waals surface area (Å²) in [6.45, 7) is 0. The van der Waals surface area contributed by atoms with E-state index in [1.54, 1.807) is 0 Å². The van der Waals surface area contributed by atoms with Crippen molar-refractivity contribution in [2.75, 3.05) is 0 Å². The first-order valence-corrected chi connectivity index (χ1v) is 2.07. The van der Waals surface area contributed by atoms with Gasteiger partial charge in [0.05, 0.1) is 0 Å². The third kappa shape index (κ3) is 2.60. The Labute approximate surface area is 51.6 Å². The van der Waals surface area contributed by atoms with Crippen LogP contribution in [0.1, 0.15) is 0 Å². The van der Waals surface area contributed by atoms with E-state index in [2.05, 4.69) is 36.4 Å². The summed E-state index contributed by atoms with van der Waals surface area (Å²) in [7, 11) is 0. The molecule has 1 amide bonds. The van der Waals surface area contributed by atoms with Crippen molar-refractivity contribution in [3.63, 3.8) is 0 Å². The maximum absolute atomic E-state index is 9.94. The Morgan fingerprint density at radius 1 is 1.71 bits per heavy atom. The smallest absolute Gasteiger partial charge is 0.355 e. The molecule has 42 valence electrons. The molecule has 0 radical (unpaired) electrons. The summed E-state index contributed by atoms with van der Waals surface area (Å²) >= 11 is 6.83. The first-order chi connectivity index (χ1) is 3.18. The molecule has 0 saturated heterocycles. The van der Waals surface area contributed by atoms with Crippen LogP contribution in [-0.2, 0) is 4.84 Å². The van der Waals surface area contributed by atoms with Gasteiger partial charge in [-0.2, -0.15) is 9.61 Å². The summed E-state index contributed by atoms with van der Waals surface area (Å²) < 4.78 is 0.625. The van der Waals surface area contributed by atoms with Gasteiger partial charge in [0.25, 0.3) is 0 Å². The van der Waals surface area contributed by atoms with Crippen LogP contribution in [0.15, 0.2) is 0 Å². The highest BCUT2D eigenvalue weighted by Gasteiger charge is 2.01. The van der Waals surface area contributed by atoms with E-state index in [-0.39, 0.29) is 0 Å². The Bertz CT molecular complexity index is 74.1. The van der Waals surface area contributed by atoms with Crippen molar-refractivity contribution < 1.29 is 9.63 Å². The van der Waals surface area contributed by atoms with E-state index in [0.29, 0.717) is 3.71 Å². The van der Waals surface area contributed by atoms with Crippen molar-refractivity contribution in [1.29, 1.82) is 0 Å². The molecule has 0 aromatic heterocycles. The Hall–Kier alpha value is -0.0700. The number of hydrogen-bond acceptors (Lipinski definition) is 5. The Morgan fingerprint density at radius 2 is 2.14 bits per heavy atom. The zero-order valence-corrected chi connectivity index (χ0v) is 5.02. The highest BCUT2D eigenvalue weighted by atomic mass is 32.2. The Morgan fingerprint density at radius 3 is 2.14 bits per heavy atom. The molecule has 0 aliphatic carbocycles. The summed E-state index contributed by atoms with van der Waals surface area (Å²) in [4.78, 5) is 13.6. The SMILES string of the molecule is NOC(=O)N(S)S.